The van der Waals surface area contributed by atoms with Gasteiger partial charge in [0.25, 0.3) is 0 Å². The van der Waals surface area contributed by atoms with Crippen molar-refractivity contribution in [2.24, 2.45) is 35.5 Å². The Bertz CT molecular complexity index is 2520. The van der Waals surface area contributed by atoms with E-state index in [2.05, 4.69) is 252 Å². The average molecular weight is 1190 g/mol. The molecule has 0 radical (unpaired) electrons. The first-order valence-electron chi connectivity index (χ1n) is 31.3. The smallest absolute Gasteiger partial charge is 0.192 e. The predicted molar refractivity (Wildman–Crippen MR) is 355 cm³/mol. The van der Waals surface area contributed by atoms with Gasteiger partial charge in [-0.05, 0) is 120 Å². The highest BCUT2D eigenvalue weighted by molar-refractivity contribution is 6.75. The lowest BCUT2D eigenvalue weighted by Gasteiger charge is -2.44. The van der Waals surface area contributed by atoms with E-state index in [1.807, 2.05) is 31.2 Å². The van der Waals surface area contributed by atoms with Gasteiger partial charge >= 0.3 is 0 Å². The Kier molecular flexibility index (Phi) is 25.1. The molecule has 1 fully saturated rings. The van der Waals surface area contributed by atoms with Crippen LogP contribution in [0.15, 0.2) is 140 Å². The number of rotatable bonds is 29. The molecule has 1 unspecified atom stereocenters. The lowest BCUT2D eigenvalue weighted by atomic mass is 9.80. The zero-order chi connectivity index (χ0) is 61.8. The van der Waals surface area contributed by atoms with Crippen LogP contribution in [0.25, 0.3) is 0 Å². The second kappa shape index (κ2) is 29.8. The zero-order valence-corrected chi connectivity index (χ0v) is 58.6. The van der Waals surface area contributed by atoms with Crippen LogP contribution in [-0.2, 0) is 37.9 Å². The molecule has 0 aliphatic carbocycles. The molecule has 1 heterocycles. The highest BCUT2D eigenvalue weighted by atomic mass is 28.4. The third kappa shape index (κ3) is 18.9. The second-order valence-electron chi connectivity index (χ2n) is 29.2. The first-order valence-corrected chi connectivity index (χ1v) is 40.0. The Morgan fingerprint density at radius 3 is 1.58 bits per heavy atom. The van der Waals surface area contributed by atoms with E-state index in [4.69, 9.17) is 32.2 Å². The van der Waals surface area contributed by atoms with Crippen molar-refractivity contribution in [3.8, 4) is 5.75 Å². The number of ketones is 1. The van der Waals surface area contributed by atoms with E-state index < -0.39 is 36.8 Å². The highest BCUT2D eigenvalue weighted by Crippen LogP contribution is 2.45. The molecule has 1 aliphatic heterocycles. The fraction of sp³-hybridized carbons (Fsp3) is 0.597. The number of benzene rings is 4. The molecule has 4 aromatic carbocycles. The zero-order valence-electron chi connectivity index (χ0n) is 55.6. The van der Waals surface area contributed by atoms with Crippen molar-refractivity contribution in [1.82, 2.24) is 0 Å². The number of hydrogen-bond acceptors (Lipinski definition) is 8. The molecule has 1 aliphatic rings. The van der Waals surface area contributed by atoms with E-state index in [-0.39, 0.29) is 74.9 Å². The SMILES string of the molecule is COc1ccc(C2OC[C@H](C)[C@@H]([C@@H](C)C(=O)CC[C@H](C)C[C@H](C)[C@@H](O[Si](C)(C)C(C)(C)C)[C@@H](C)C=C[C@H](C[C@H](O[Si](C)(C)C(C)(C)C)[C@H](C)C=CCOC(c3ccccc3)(c3ccccc3)c3ccccc3)O[Si](C)(C)C(C)(C)C)O2)cc1. The summed E-state index contributed by atoms with van der Waals surface area (Å²) in [4.78, 5) is 14.1. The summed E-state index contributed by atoms with van der Waals surface area (Å²) in [5.41, 5.74) is 3.36. The minimum atomic E-state index is -2.29. The fourth-order valence-electron chi connectivity index (χ4n) is 10.8. The number of hydrogen-bond donors (Lipinski definition) is 0. The summed E-state index contributed by atoms with van der Waals surface area (Å²) in [6, 6.07) is 39.6. The molecule has 0 saturated carbocycles. The number of ether oxygens (including phenoxy) is 4. The molecule has 0 aromatic heterocycles. The molecule has 0 N–H and O–H groups in total. The van der Waals surface area contributed by atoms with Gasteiger partial charge in [0.1, 0.15) is 17.1 Å². The first kappa shape index (κ1) is 70.0. The van der Waals surface area contributed by atoms with Crippen LogP contribution in [0.4, 0.5) is 0 Å². The van der Waals surface area contributed by atoms with Gasteiger partial charge in [0.2, 0.25) is 0 Å². The van der Waals surface area contributed by atoms with Gasteiger partial charge in [-0.15, -0.1) is 0 Å². The molecule has 8 nitrogen and oxygen atoms in total. The average Bonchev–Trinajstić information content (AvgIpc) is 3.48. The van der Waals surface area contributed by atoms with Gasteiger partial charge in [0.15, 0.2) is 31.2 Å². The highest BCUT2D eigenvalue weighted by Gasteiger charge is 2.45. The molecule has 4 aromatic rings. The summed E-state index contributed by atoms with van der Waals surface area (Å²) in [6.07, 6.45) is 11.2. The van der Waals surface area contributed by atoms with Crippen LogP contribution in [0.5, 0.6) is 5.75 Å². The van der Waals surface area contributed by atoms with E-state index >= 15 is 0 Å². The second-order valence-corrected chi connectivity index (χ2v) is 43.4. The Labute approximate surface area is 508 Å². The van der Waals surface area contributed by atoms with Crippen molar-refractivity contribution >= 4 is 30.7 Å². The Morgan fingerprint density at radius 1 is 0.614 bits per heavy atom. The summed E-state index contributed by atoms with van der Waals surface area (Å²) in [5.74, 6) is 1.59. The van der Waals surface area contributed by atoms with Gasteiger partial charge in [-0.25, -0.2) is 0 Å². The van der Waals surface area contributed by atoms with Gasteiger partial charge < -0.3 is 32.2 Å². The molecule has 460 valence electrons. The van der Waals surface area contributed by atoms with Crippen molar-refractivity contribution in [3.05, 3.63) is 162 Å². The Morgan fingerprint density at radius 2 is 1.10 bits per heavy atom. The maximum absolute atomic E-state index is 14.1. The van der Waals surface area contributed by atoms with E-state index in [1.165, 1.54) is 0 Å². The molecule has 11 heteroatoms. The van der Waals surface area contributed by atoms with Crippen LogP contribution >= 0.6 is 0 Å². The molecule has 0 bridgehead atoms. The van der Waals surface area contributed by atoms with Crippen LogP contribution in [0.2, 0.25) is 54.4 Å². The summed E-state index contributed by atoms with van der Waals surface area (Å²) in [5, 5.41) is 0.0344. The van der Waals surface area contributed by atoms with E-state index in [9.17, 15) is 4.79 Å². The van der Waals surface area contributed by atoms with Crippen molar-refractivity contribution in [2.45, 2.75) is 220 Å². The van der Waals surface area contributed by atoms with Crippen LogP contribution in [0.3, 0.4) is 0 Å². The molecular formula is C72H112O8Si3. The van der Waals surface area contributed by atoms with Crippen molar-refractivity contribution < 1.29 is 37.0 Å². The number of Topliss-reactive ketones (excluding diaryl/α,β-unsaturated/α-hetero) is 1. The first-order chi connectivity index (χ1) is 38.6. The summed E-state index contributed by atoms with van der Waals surface area (Å²) >= 11 is 0. The van der Waals surface area contributed by atoms with E-state index in [1.54, 1.807) is 7.11 Å². The molecule has 0 amide bonds. The minimum absolute atomic E-state index is 0.000313. The van der Waals surface area contributed by atoms with Gasteiger partial charge in [-0.3, -0.25) is 4.79 Å². The van der Waals surface area contributed by atoms with Gasteiger partial charge in [0, 0.05) is 30.2 Å². The Hall–Kier alpha value is -3.76. The maximum Gasteiger partial charge on any atom is 0.192 e. The fourth-order valence-corrected chi connectivity index (χ4v) is 14.9. The largest absolute Gasteiger partial charge is 0.497 e. The van der Waals surface area contributed by atoms with Crippen LogP contribution < -0.4 is 4.74 Å². The minimum Gasteiger partial charge on any atom is -0.497 e. The normalized spacial score (nSPS) is 20.1. The third-order valence-electron chi connectivity index (χ3n) is 19.3. The van der Waals surface area contributed by atoms with Gasteiger partial charge in [-0.2, -0.15) is 0 Å². The monoisotopic (exact) mass is 1190 g/mol. The van der Waals surface area contributed by atoms with Crippen molar-refractivity contribution in [1.29, 1.82) is 0 Å². The van der Waals surface area contributed by atoms with Gasteiger partial charge in [0.05, 0.1) is 44.7 Å². The summed E-state index contributed by atoms with van der Waals surface area (Å²) in [7, 11) is -5.13. The van der Waals surface area contributed by atoms with Crippen LogP contribution in [0, 0.1) is 35.5 Å². The lowest BCUT2D eigenvalue weighted by Crippen LogP contribution is -2.48. The van der Waals surface area contributed by atoms with Crippen LogP contribution in [-0.4, -0.2) is 75.5 Å². The molecule has 5 rings (SSSR count). The van der Waals surface area contributed by atoms with Crippen molar-refractivity contribution in [2.75, 3.05) is 20.3 Å². The molecular weight excluding hydrogens is 1080 g/mol. The summed E-state index contributed by atoms with van der Waals surface area (Å²) < 4.78 is 47.9. The quantitative estimate of drug-likeness (QED) is 0.0302. The molecule has 0 spiro atoms. The van der Waals surface area contributed by atoms with Gasteiger partial charge in [-0.1, -0.05) is 231 Å². The van der Waals surface area contributed by atoms with E-state index in [0.29, 0.717) is 32.0 Å². The summed E-state index contributed by atoms with van der Waals surface area (Å²) in [6.45, 7) is 49.6. The van der Waals surface area contributed by atoms with Crippen molar-refractivity contribution in [3.63, 3.8) is 0 Å². The predicted octanol–water partition coefficient (Wildman–Crippen LogP) is 19.3. The molecule has 83 heavy (non-hydrogen) atoms. The van der Waals surface area contributed by atoms with Crippen LogP contribution in [0.1, 0.15) is 158 Å². The third-order valence-corrected chi connectivity index (χ3v) is 32.8. The number of carbonyl (C=O) groups is 1. The standard InChI is InChI=1S/C72H112O8Si3/c1-52(40-47-64(73)57(6)67-56(5)51-75-68(77-67)58-42-45-62(74-16)46-43-58)49-55(4)66(80-83(21,22)71(13,14)15)54(3)41-44-63(78-81(17,18)69(7,8)9)50-65(79-82(19,20)70(10,11)12)53(2)33-32-48-76-72(59-34-26-23-27-35-59,60-36-28-24-29-37-60)61-38-30-25-31-39-61/h23-39,41-46,52-57,63,65-68H,40,47-51H2,1-22H3/t52-,53+,54-,55-,56-,57-,63+,65-,66-,67-,68?/m0/s1. The topological polar surface area (TPSA) is 81.7 Å². The lowest BCUT2D eigenvalue weighted by molar-refractivity contribution is -0.247. The number of carbonyl (C=O) groups excluding carboxylic acids is 1. The maximum atomic E-state index is 14.1. The van der Waals surface area contributed by atoms with E-state index in [0.717, 1.165) is 40.8 Å². The molecule has 1 saturated heterocycles. The molecule has 11 atom stereocenters. The Balaban J connectivity index is 1.41. The number of methoxy groups -OCH3 is 1.